The zero-order valence-electron chi connectivity index (χ0n) is 18.1. The number of unbranched alkanes of at least 4 members (excludes halogenated alkanes) is 2. The van der Waals surface area contributed by atoms with E-state index in [1.807, 2.05) is 45.0 Å². The molecule has 0 amide bonds. The van der Waals surface area contributed by atoms with Crippen molar-refractivity contribution in [1.82, 2.24) is 15.4 Å². The smallest absolute Gasteiger partial charge is 0.216 e. The van der Waals surface area contributed by atoms with Crippen molar-refractivity contribution in [1.29, 1.82) is 0 Å². The Morgan fingerprint density at radius 1 is 1.07 bits per heavy atom. The fourth-order valence-corrected chi connectivity index (χ4v) is 4.44. The van der Waals surface area contributed by atoms with Crippen LogP contribution in [-0.2, 0) is 22.3 Å². The van der Waals surface area contributed by atoms with Crippen molar-refractivity contribution >= 4 is 16.0 Å². The maximum Gasteiger partial charge on any atom is 0.216 e. The van der Waals surface area contributed by atoms with Gasteiger partial charge in [0.2, 0.25) is 10.0 Å². The van der Waals surface area contributed by atoms with Gasteiger partial charge < -0.3 is 10.6 Å². The summed E-state index contributed by atoms with van der Waals surface area (Å²) in [6.07, 6.45) is 4.76. The third kappa shape index (κ3) is 10.1. The fourth-order valence-electron chi connectivity index (χ4n) is 2.95. The molecule has 0 aliphatic carbocycles. The van der Waals surface area contributed by atoms with Crippen molar-refractivity contribution in [2.24, 2.45) is 4.99 Å². The first-order valence-electron chi connectivity index (χ1n) is 10.4. The summed E-state index contributed by atoms with van der Waals surface area (Å²) < 4.78 is 27.2. The van der Waals surface area contributed by atoms with Crippen LogP contribution in [0.4, 0.5) is 0 Å². The Kier molecular flexibility index (Phi) is 11.2. The molecule has 0 aromatic heterocycles. The summed E-state index contributed by atoms with van der Waals surface area (Å²) >= 11 is 0. The molecule has 0 aliphatic heterocycles. The van der Waals surface area contributed by atoms with Gasteiger partial charge in [0.1, 0.15) is 0 Å². The van der Waals surface area contributed by atoms with Gasteiger partial charge >= 0.3 is 0 Å². The summed E-state index contributed by atoms with van der Waals surface area (Å²) in [7, 11) is -3.37. The van der Waals surface area contributed by atoms with Crippen molar-refractivity contribution in [3.63, 3.8) is 0 Å². The van der Waals surface area contributed by atoms with E-state index in [9.17, 15) is 8.42 Å². The van der Waals surface area contributed by atoms with Crippen LogP contribution in [0.1, 0.15) is 71.4 Å². The highest BCUT2D eigenvalue weighted by molar-refractivity contribution is 7.88. The molecule has 0 heterocycles. The number of guanidine groups is 1. The lowest BCUT2D eigenvalue weighted by atomic mass is 10.1. The van der Waals surface area contributed by atoms with Crippen molar-refractivity contribution in [2.45, 2.75) is 84.7 Å². The minimum Gasteiger partial charge on any atom is -0.357 e. The summed E-state index contributed by atoms with van der Waals surface area (Å²) in [6, 6.07) is 7.82. The molecule has 0 saturated heterocycles. The van der Waals surface area contributed by atoms with Gasteiger partial charge in [-0.15, -0.1) is 0 Å². The molecule has 1 unspecified atom stereocenters. The Morgan fingerprint density at radius 2 is 1.75 bits per heavy atom. The average molecular weight is 411 g/mol. The van der Waals surface area contributed by atoms with Gasteiger partial charge in [-0.3, -0.25) is 0 Å². The Labute approximate surface area is 171 Å². The third-order valence-corrected chi connectivity index (χ3v) is 5.78. The lowest BCUT2D eigenvalue weighted by Gasteiger charge is -2.18. The van der Waals surface area contributed by atoms with Gasteiger partial charge in [0.15, 0.2) is 5.96 Å². The Morgan fingerprint density at radius 3 is 2.36 bits per heavy atom. The second-order valence-electron chi connectivity index (χ2n) is 7.54. The van der Waals surface area contributed by atoms with Crippen LogP contribution in [-0.4, -0.2) is 33.0 Å². The largest absolute Gasteiger partial charge is 0.357 e. The molecule has 3 N–H and O–H groups in total. The topological polar surface area (TPSA) is 82.6 Å². The average Bonchev–Trinajstić information content (AvgIpc) is 2.59. The number of nitrogens with zero attached hydrogens (tertiary/aromatic N) is 1. The van der Waals surface area contributed by atoms with Crippen molar-refractivity contribution in [3.05, 3.63) is 35.4 Å². The van der Waals surface area contributed by atoms with E-state index < -0.39 is 10.0 Å². The van der Waals surface area contributed by atoms with Gasteiger partial charge in [-0.2, -0.15) is 0 Å². The van der Waals surface area contributed by atoms with E-state index >= 15 is 0 Å². The monoisotopic (exact) mass is 410 g/mol. The molecule has 28 heavy (non-hydrogen) atoms. The zero-order valence-corrected chi connectivity index (χ0v) is 18.9. The standard InChI is InChI=1S/C21H38N4O2S/c1-6-8-9-12-18(5)24-21(22-7-2)23-15-19-13-10-11-14-20(19)16-28(26,27)25-17(3)4/h10-11,13-14,17-18,25H,6-9,12,15-16H2,1-5H3,(H2,22,23,24). The van der Waals surface area contributed by atoms with E-state index in [4.69, 9.17) is 0 Å². The van der Waals surface area contributed by atoms with Crippen LogP contribution in [0.5, 0.6) is 0 Å². The van der Waals surface area contributed by atoms with Gasteiger partial charge in [-0.1, -0.05) is 50.5 Å². The summed E-state index contributed by atoms with van der Waals surface area (Å²) in [4.78, 5) is 4.68. The first-order chi connectivity index (χ1) is 13.3. The minimum absolute atomic E-state index is 0.0335. The van der Waals surface area contributed by atoms with Crippen LogP contribution in [0.15, 0.2) is 29.3 Å². The minimum atomic E-state index is -3.37. The molecule has 160 valence electrons. The number of benzene rings is 1. The highest BCUT2D eigenvalue weighted by atomic mass is 32.2. The van der Waals surface area contributed by atoms with E-state index in [1.54, 1.807) is 0 Å². The number of nitrogens with one attached hydrogen (secondary N) is 3. The Hall–Kier alpha value is -1.60. The van der Waals surface area contributed by atoms with Crippen LogP contribution in [0, 0.1) is 0 Å². The molecule has 0 spiro atoms. The number of sulfonamides is 1. The number of aliphatic imine (C=N–C) groups is 1. The maximum absolute atomic E-state index is 12.3. The molecule has 1 aromatic carbocycles. The summed E-state index contributed by atoms with van der Waals surface area (Å²) in [5, 5.41) is 6.73. The van der Waals surface area contributed by atoms with Crippen LogP contribution in [0.25, 0.3) is 0 Å². The molecular formula is C21H38N4O2S. The van der Waals surface area contributed by atoms with Gasteiger partial charge in [-0.25, -0.2) is 18.1 Å². The summed E-state index contributed by atoms with van der Waals surface area (Å²) in [6.45, 7) is 11.3. The van der Waals surface area contributed by atoms with Crippen LogP contribution < -0.4 is 15.4 Å². The van der Waals surface area contributed by atoms with E-state index in [2.05, 4.69) is 34.2 Å². The normalized spacial score (nSPS) is 13.6. The predicted molar refractivity (Wildman–Crippen MR) is 119 cm³/mol. The zero-order chi connectivity index (χ0) is 21.0. The number of hydrogen-bond acceptors (Lipinski definition) is 3. The second-order valence-corrected chi connectivity index (χ2v) is 9.29. The molecule has 0 saturated carbocycles. The van der Waals surface area contributed by atoms with Gasteiger partial charge in [-0.05, 0) is 45.2 Å². The lowest BCUT2D eigenvalue weighted by molar-refractivity contribution is 0.547. The molecule has 6 nitrogen and oxygen atoms in total. The second kappa shape index (κ2) is 12.8. The molecule has 0 fully saturated rings. The molecule has 0 aliphatic rings. The van der Waals surface area contributed by atoms with Crippen molar-refractivity contribution in [2.75, 3.05) is 6.54 Å². The molecule has 0 bridgehead atoms. The van der Waals surface area contributed by atoms with Gasteiger partial charge in [0.05, 0.1) is 12.3 Å². The van der Waals surface area contributed by atoms with Crippen molar-refractivity contribution in [3.8, 4) is 0 Å². The Balaban J connectivity index is 2.83. The van der Waals surface area contributed by atoms with Gasteiger partial charge in [0.25, 0.3) is 0 Å². The first kappa shape index (κ1) is 24.4. The third-order valence-electron chi connectivity index (χ3n) is 4.25. The van der Waals surface area contributed by atoms with Crippen LogP contribution in [0.2, 0.25) is 0 Å². The van der Waals surface area contributed by atoms with Crippen LogP contribution in [0.3, 0.4) is 0 Å². The molecule has 0 radical (unpaired) electrons. The van der Waals surface area contributed by atoms with E-state index in [-0.39, 0.29) is 11.8 Å². The lowest BCUT2D eigenvalue weighted by Crippen LogP contribution is -2.42. The Bertz CT molecular complexity index is 702. The SMILES string of the molecule is CCCCCC(C)NC(=NCc1ccccc1CS(=O)(=O)NC(C)C)NCC. The number of rotatable bonds is 12. The number of hydrogen-bond donors (Lipinski definition) is 3. The summed E-state index contributed by atoms with van der Waals surface area (Å²) in [5.41, 5.74) is 1.71. The molecule has 1 rings (SSSR count). The predicted octanol–water partition coefficient (Wildman–Crippen LogP) is 3.54. The van der Waals surface area contributed by atoms with Crippen LogP contribution >= 0.6 is 0 Å². The maximum atomic E-state index is 12.3. The van der Waals surface area contributed by atoms with Gasteiger partial charge in [0, 0.05) is 18.6 Å². The summed E-state index contributed by atoms with van der Waals surface area (Å²) in [5.74, 6) is 0.735. The first-order valence-corrected chi connectivity index (χ1v) is 12.0. The highest BCUT2D eigenvalue weighted by Gasteiger charge is 2.15. The van der Waals surface area contributed by atoms with E-state index in [1.165, 1.54) is 19.3 Å². The fraction of sp³-hybridized carbons (Fsp3) is 0.667. The van der Waals surface area contributed by atoms with E-state index in [0.29, 0.717) is 12.6 Å². The quantitative estimate of drug-likeness (QED) is 0.280. The van der Waals surface area contributed by atoms with E-state index in [0.717, 1.165) is 30.1 Å². The highest BCUT2D eigenvalue weighted by Crippen LogP contribution is 2.14. The molecule has 1 aromatic rings. The molecule has 1 atom stereocenters. The van der Waals surface area contributed by atoms with Crippen molar-refractivity contribution < 1.29 is 8.42 Å². The molecule has 7 heteroatoms. The molecular weight excluding hydrogens is 372 g/mol.